The Hall–Kier alpha value is -1.42. The van der Waals surface area contributed by atoms with E-state index in [-0.39, 0.29) is 12.3 Å². The fraction of sp³-hybridized carbons (Fsp3) is 0.333. The Morgan fingerprint density at radius 3 is 2.46 bits per heavy atom. The number of aliphatic hydroxyl groups excluding tert-OH is 1. The van der Waals surface area contributed by atoms with E-state index in [1.54, 1.807) is 13.0 Å². The third-order valence-electron chi connectivity index (χ3n) is 2.02. The molecule has 1 rings (SSSR count). The summed E-state index contributed by atoms with van der Waals surface area (Å²) in [6.45, 7) is 3.35. The molecule has 4 nitrogen and oxygen atoms in total. The van der Waals surface area contributed by atoms with Gasteiger partial charge in [-0.05, 0) is 31.0 Å². The number of nitro benzene ring substituents is 1. The molecule has 1 N–H and O–H groups in total. The Labute approximate surface area is 76.0 Å². The first-order chi connectivity index (χ1) is 6.06. The molecule has 0 atom stereocenters. The predicted molar refractivity (Wildman–Crippen MR) is 48.5 cm³/mol. The molecule has 70 valence electrons. The monoisotopic (exact) mass is 181 g/mol. The smallest absolute Gasteiger partial charge is 0.272 e. The Bertz CT molecular complexity index is 347. The van der Waals surface area contributed by atoms with Crippen LogP contribution < -0.4 is 0 Å². The highest BCUT2D eigenvalue weighted by Crippen LogP contribution is 2.22. The van der Waals surface area contributed by atoms with Crippen molar-refractivity contribution < 1.29 is 10.0 Å². The summed E-state index contributed by atoms with van der Waals surface area (Å²) in [5, 5.41) is 19.4. The average molecular weight is 181 g/mol. The summed E-state index contributed by atoms with van der Waals surface area (Å²) in [6.07, 6.45) is 0. The second-order valence-electron chi connectivity index (χ2n) is 2.98. The molecule has 0 aromatic heterocycles. The van der Waals surface area contributed by atoms with E-state index in [2.05, 4.69) is 0 Å². The van der Waals surface area contributed by atoms with Gasteiger partial charge in [0.15, 0.2) is 0 Å². The Balaban J connectivity index is 3.30. The van der Waals surface area contributed by atoms with Crippen LogP contribution in [-0.4, -0.2) is 10.0 Å². The number of hydrogen-bond donors (Lipinski definition) is 1. The van der Waals surface area contributed by atoms with Crippen LogP contribution in [0.1, 0.15) is 16.7 Å². The zero-order valence-corrected chi connectivity index (χ0v) is 7.57. The minimum Gasteiger partial charge on any atom is -0.392 e. The maximum Gasteiger partial charge on any atom is 0.272 e. The third kappa shape index (κ3) is 1.84. The maximum atomic E-state index is 10.5. The summed E-state index contributed by atoms with van der Waals surface area (Å²) in [5.41, 5.74) is 2.18. The van der Waals surface area contributed by atoms with Crippen LogP contribution in [0.3, 0.4) is 0 Å². The summed E-state index contributed by atoms with van der Waals surface area (Å²) in [5.74, 6) is 0. The van der Waals surface area contributed by atoms with Crippen molar-refractivity contribution in [3.8, 4) is 0 Å². The predicted octanol–water partition coefficient (Wildman–Crippen LogP) is 1.70. The number of rotatable bonds is 2. The van der Waals surface area contributed by atoms with Gasteiger partial charge in [-0.2, -0.15) is 0 Å². The molecule has 0 heterocycles. The second kappa shape index (κ2) is 3.53. The van der Waals surface area contributed by atoms with E-state index >= 15 is 0 Å². The van der Waals surface area contributed by atoms with Gasteiger partial charge < -0.3 is 5.11 Å². The van der Waals surface area contributed by atoms with Crippen molar-refractivity contribution in [2.24, 2.45) is 0 Å². The molecular formula is C9H11NO3. The summed E-state index contributed by atoms with van der Waals surface area (Å²) in [4.78, 5) is 10.1. The van der Waals surface area contributed by atoms with Crippen LogP contribution in [0.4, 0.5) is 5.69 Å². The van der Waals surface area contributed by atoms with Crippen molar-refractivity contribution in [2.75, 3.05) is 0 Å². The average Bonchev–Trinajstić information content (AvgIpc) is 2.03. The van der Waals surface area contributed by atoms with E-state index in [1.165, 1.54) is 6.07 Å². The molecule has 0 unspecified atom stereocenters. The number of nitro groups is 1. The first kappa shape index (κ1) is 9.67. The second-order valence-corrected chi connectivity index (χ2v) is 2.98. The highest BCUT2D eigenvalue weighted by Gasteiger charge is 2.12. The lowest BCUT2D eigenvalue weighted by Crippen LogP contribution is -1.96. The van der Waals surface area contributed by atoms with Gasteiger partial charge in [-0.1, -0.05) is 0 Å². The molecule has 0 bridgehead atoms. The summed E-state index contributed by atoms with van der Waals surface area (Å²) >= 11 is 0. The molecule has 0 aliphatic rings. The standard InChI is InChI=1S/C9H11NO3/c1-6-3-7(2)9(10(12)13)4-8(6)5-11/h3-4,11H,5H2,1-2H3. The molecule has 4 heteroatoms. The molecule has 0 aliphatic heterocycles. The van der Waals surface area contributed by atoms with Gasteiger partial charge in [0.2, 0.25) is 0 Å². The number of aliphatic hydroxyl groups is 1. The van der Waals surface area contributed by atoms with Gasteiger partial charge >= 0.3 is 0 Å². The van der Waals surface area contributed by atoms with Gasteiger partial charge in [0, 0.05) is 11.6 Å². The molecule has 0 amide bonds. The van der Waals surface area contributed by atoms with Crippen molar-refractivity contribution in [1.29, 1.82) is 0 Å². The molecule has 0 saturated heterocycles. The van der Waals surface area contributed by atoms with E-state index < -0.39 is 4.92 Å². The van der Waals surface area contributed by atoms with Crippen molar-refractivity contribution in [3.63, 3.8) is 0 Å². The molecule has 0 aliphatic carbocycles. The number of benzene rings is 1. The van der Waals surface area contributed by atoms with E-state index in [4.69, 9.17) is 5.11 Å². The highest BCUT2D eigenvalue weighted by molar-refractivity contribution is 5.46. The SMILES string of the molecule is Cc1cc(C)c([N+](=O)[O-])cc1CO. The van der Waals surface area contributed by atoms with Crippen LogP contribution in [0.15, 0.2) is 12.1 Å². The zero-order valence-electron chi connectivity index (χ0n) is 7.57. The summed E-state index contributed by atoms with van der Waals surface area (Å²) < 4.78 is 0. The first-order valence-electron chi connectivity index (χ1n) is 3.91. The van der Waals surface area contributed by atoms with Crippen LogP contribution in [0.25, 0.3) is 0 Å². The molecular weight excluding hydrogens is 170 g/mol. The van der Waals surface area contributed by atoms with E-state index in [1.807, 2.05) is 6.92 Å². The van der Waals surface area contributed by atoms with Crippen LogP contribution in [0, 0.1) is 24.0 Å². The van der Waals surface area contributed by atoms with Crippen molar-refractivity contribution in [2.45, 2.75) is 20.5 Å². The van der Waals surface area contributed by atoms with Crippen molar-refractivity contribution in [3.05, 3.63) is 38.9 Å². The molecule has 0 spiro atoms. The molecule has 1 aromatic carbocycles. The molecule has 0 fully saturated rings. The fourth-order valence-electron chi connectivity index (χ4n) is 1.25. The third-order valence-corrected chi connectivity index (χ3v) is 2.02. The van der Waals surface area contributed by atoms with Crippen LogP contribution in [0.5, 0.6) is 0 Å². The van der Waals surface area contributed by atoms with Gasteiger partial charge in [0.05, 0.1) is 11.5 Å². The summed E-state index contributed by atoms with van der Waals surface area (Å²) in [6, 6.07) is 3.13. The van der Waals surface area contributed by atoms with Crippen molar-refractivity contribution >= 4 is 5.69 Å². The highest BCUT2D eigenvalue weighted by atomic mass is 16.6. The quantitative estimate of drug-likeness (QED) is 0.558. The summed E-state index contributed by atoms with van der Waals surface area (Å²) in [7, 11) is 0. The normalized spacial score (nSPS) is 10.1. The van der Waals surface area contributed by atoms with Gasteiger partial charge in [0.25, 0.3) is 5.69 Å². The molecule has 0 radical (unpaired) electrons. The van der Waals surface area contributed by atoms with E-state index in [9.17, 15) is 10.1 Å². The topological polar surface area (TPSA) is 63.4 Å². The number of nitrogens with zero attached hydrogens (tertiary/aromatic N) is 1. The lowest BCUT2D eigenvalue weighted by molar-refractivity contribution is -0.385. The van der Waals surface area contributed by atoms with Crippen LogP contribution in [-0.2, 0) is 6.61 Å². The fourth-order valence-corrected chi connectivity index (χ4v) is 1.25. The lowest BCUT2D eigenvalue weighted by atomic mass is 10.0. The van der Waals surface area contributed by atoms with Crippen LogP contribution >= 0.6 is 0 Å². The van der Waals surface area contributed by atoms with Gasteiger partial charge in [-0.25, -0.2) is 0 Å². The Morgan fingerprint density at radius 1 is 1.38 bits per heavy atom. The Kier molecular flexibility index (Phi) is 2.63. The Morgan fingerprint density at radius 2 is 2.00 bits per heavy atom. The van der Waals surface area contributed by atoms with Gasteiger partial charge in [-0.15, -0.1) is 0 Å². The largest absolute Gasteiger partial charge is 0.392 e. The van der Waals surface area contributed by atoms with E-state index in [0.717, 1.165) is 5.56 Å². The minimum atomic E-state index is -0.437. The maximum absolute atomic E-state index is 10.5. The van der Waals surface area contributed by atoms with Crippen molar-refractivity contribution in [1.82, 2.24) is 0 Å². The number of aryl methyl sites for hydroxylation is 2. The van der Waals surface area contributed by atoms with Gasteiger partial charge in [0.1, 0.15) is 0 Å². The van der Waals surface area contributed by atoms with Gasteiger partial charge in [-0.3, -0.25) is 10.1 Å². The zero-order chi connectivity index (χ0) is 10.0. The molecule has 1 aromatic rings. The number of hydrogen-bond acceptors (Lipinski definition) is 3. The molecule has 13 heavy (non-hydrogen) atoms. The molecule has 0 saturated carbocycles. The lowest BCUT2D eigenvalue weighted by Gasteiger charge is -2.04. The van der Waals surface area contributed by atoms with Crippen LogP contribution in [0.2, 0.25) is 0 Å². The first-order valence-corrected chi connectivity index (χ1v) is 3.91. The van der Waals surface area contributed by atoms with E-state index in [0.29, 0.717) is 11.1 Å². The minimum absolute atomic E-state index is 0.0645.